The van der Waals surface area contributed by atoms with Crippen LogP contribution >= 0.6 is 0 Å². The molecule has 1 rings (SSSR count). The van der Waals surface area contributed by atoms with E-state index in [1.807, 2.05) is 12.1 Å². The predicted octanol–water partition coefficient (Wildman–Crippen LogP) is 5.70. The summed E-state index contributed by atoms with van der Waals surface area (Å²) in [5.74, 6) is 0.929. The van der Waals surface area contributed by atoms with Crippen molar-refractivity contribution in [3.8, 4) is 5.75 Å². The number of allylic oxidation sites excluding steroid dienone is 1. The minimum atomic E-state index is 0.929. The Morgan fingerprint density at radius 1 is 1.10 bits per heavy atom. The van der Waals surface area contributed by atoms with E-state index < -0.39 is 0 Å². The average Bonchev–Trinajstić information content (AvgIpc) is 2.50. The molecule has 0 bridgehead atoms. The first-order chi connectivity index (χ1) is 9.80. The summed E-state index contributed by atoms with van der Waals surface area (Å²) >= 11 is 0. The van der Waals surface area contributed by atoms with Crippen molar-refractivity contribution in [2.45, 2.75) is 58.8 Å². The third-order valence-electron chi connectivity index (χ3n) is 3.45. The Morgan fingerprint density at radius 3 is 2.45 bits per heavy atom. The Balaban J connectivity index is 2.57. The van der Waals surface area contributed by atoms with Gasteiger partial charge in [-0.2, -0.15) is 0 Å². The molecule has 1 aromatic rings. The molecule has 1 aromatic carbocycles. The van der Waals surface area contributed by atoms with Crippen LogP contribution in [0.3, 0.4) is 0 Å². The second-order valence-electron chi connectivity index (χ2n) is 5.19. The predicted molar refractivity (Wildman–Crippen MR) is 87.3 cm³/mol. The Kier molecular flexibility index (Phi) is 8.58. The van der Waals surface area contributed by atoms with Crippen molar-refractivity contribution in [3.05, 3.63) is 47.2 Å². The molecule has 0 saturated carbocycles. The summed E-state index contributed by atoms with van der Waals surface area (Å²) in [4.78, 5) is 0. The van der Waals surface area contributed by atoms with Crippen LogP contribution in [0.25, 0.3) is 0 Å². The van der Waals surface area contributed by atoms with Crippen LogP contribution in [0.4, 0.5) is 0 Å². The maximum atomic E-state index is 5.19. The molecule has 0 unspecified atom stereocenters. The summed E-state index contributed by atoms with van der Waals surface area (Å²) in [5.41, 5.74) is 6.36. The number of rotatable bonds is 9. The largest absolute Gasteiger partial charge is 0.497 e. The molecule has 0 spiro atoms. The summed E-state index contributed by atoms with van der Waals surface area (Å²) < 4.78 is 5.19. The zero-order valence-electron chi connectivity index (χ0n) is 13.2. The fourth-order valence-corrected chi connectivity index (χ4v) is 2.11. The van der Waals surface area contributed by atoms with Gasteiger partial charge in [0.1, 0.15) is 5.75 Å². The van der Waals surface area contributed by atoms with Crippen LogP contribution in [-0.2, 0) is 6.42 Å². The van der Waals surface area contributed by atoms with Crippen LogP contribution in [0.5, 0.6) is 5.75 Å². The van der Waals surface area contributed by atoms with Gasteiger partial charge in [0.05, 0.1) is 7.11 Å². The second-order valence-corrected chi connectivity index (χ2v) is 5.19. The number of methoxy groups -OCH3 is 1. The Morgan fingerprint density at radius 2 is 1.85 bits per heavy atom. The third-order valence-corrected chi connectivity index (χ3v) is 3.45. The fraction of sp³-hybridized carbons (Fsp3) is 0.526. The number of unbranched alkanes of at least 4 members (excludes halogenated alkanes) is 2. The maximum Gasteiger partial charge on any atom is 0.118 e. The molecule has 110 valence electrons. The molecule has 0 saturated heterocycles. The van der Waals surface area contributed by atoms with E-state index in [4.69, 9.17) is 4.74 Å². The van der Waals surface area contributed by atoms with E-state index in [-0.39, 0.29) is 0 Å². The molecular formula is C19H28O. The highest BCUT2D eigenvalue weighted by Gasteiger charge is 1.99. The molecule has 0 aliphatic heterocycles. The molecule has 0 amide bonds. The van der Waals surface area contributed by atoms with Crippen LogP contribution in [0.15, 0.2) is 41.6 Å². The molecular weight excluding hydrogens is 244 g/mol. The number of hydrogen-bond donors (Lipinski definition) is 0. The summed E-state index contributed by atoms with van der Waals surface area (Å²) in [6, 6.07) is 8.40. The van der Waals surface area contributed by atoms with Crippen LogP contribution < -0.4 is 4.74 Å². The first kappa shape index (κ1) is 16.6. The SMILES string of the molecule is CCCC=C=C(CCCC)CCc1ccc(OC)cc1. The van der Waals surface area contributed by atoms with Crippen molar-refractivity contribution >= 4 is 0 Å². The monoisotopic (exact) mass is 272 g/mol. The van der Waals surface area contributed by atoms with Gasteiger partial charge >= 0.3 is 0 Å². The smallest absolute Gasteiger partial charge is 0.118 e. The van der Waals surface area contributed by atoms with Crippen molar-refractivity contribution in [2.75, 3.05) is 7.11 Å². The van der Waals surface area contributed by atoms with Crippen LogP contribution in [0, 0.1) is 0 Å². The van der Waals surface area contributed by atoms with Gasteiger partial charge in [0.25, 0.3) is 0 Å². The summed E-state index contributed by atoms with van der Waals surface area (Å²) in [7, 11) is 1.71. The van der Waals surface area contributed by atoms with Crippen molar-refractivity contribution in [2.24, 2.45) is 0 Å². The number of benzene rings is 1. The molecule has 1 heteroatoms. The van der Waals surface area contributed by atoms with Crippen molar-refractivity contribution in [1.82, 2.24) is 0 Å². The van der Waals surface area contributed by atoms with E-state index in [1.54, 1.807) is 7.11 Å². The average molecular weight is 272 g/mol. The van der Waals surface area contributed by atoms with Crippen molar-refractivity contribution < 1.29 is 4.74 Å². The lowest BCUT2D eigenvalue weighted by Crippen LogP contribution is -1.90. The lowest BCUT2D eigenvalue weighted by atomic mass is 10.0. The van der Waals surface area contributed by atoms with Gasteiger partial charge in [0.15, 0.2) is 0 Å². The minimum Gasteiger partial charge on any atom is -0.497 e. The summed E-state index contributed by atoms with van der Waals surface area (Å²) in [6.45, 7) is 4.46. The highest BCUT2D eigenvalue weighted by molar-refractivity contribution is 5.27. The zero-order valence-corrected chi connectivity index (χ0v) is 13.2. The topological polar surface area (TPSA) is 9.23 Å². The number of hydrogen-bond acceptors (Lipinski definition) is 1. The first-order valence-corrected chi connectivity index (χ1v) is 7.86. The van der Waals surface area contributed by atoms with Gasteiger partial charge in [-0.15, -0.1) is 5.73 Å². The molecule has 0 heterocycles. The molecule has 0 aliphatic rings. The van der Waals surface area contributed by atoms with Crippen LogP contribution in [0.1, 0.15) is 57.9 Å². The molecule has 20 heavy (non-hydrogen) atoms. The van der Waals surface area contributed by atoms with Crippen molar-refractivity contribution in [3.63, 3.8) is 0 Å². The Bertz CT molecular complexity index is 422. The van der Waals surface area contributed by atoms with Crippen LogP contribution in [-0.4, -0.2) is 7.11 Å². The first-order valence-electron chi connectivity index (χ1n) is 7.86. The maximum absolute atomic E-state index is 5.19. The number of aryl methyl sites for hydroxylation is 1. The minimum absolute atomic E-state index is 0.929. The zero-order chi connectivity index (χ0) is 14.6. The molecule has 0 atom stereocenters. The van der Waals surface area contributed by atoms with E-state index >= 15 is 0 Å². The highest BCUT2D eigenvalue weighted by Crippen LogP contribution is 2.17. The Labute approximate surface area is 124 Å². The van der Waals surface area contributed by atoms with Gasteiger partial charge in [-0.25, -0.2) is 0 Å². The van der Waals surface area contributed by atoms with Gasteiger partial charge in [-0.1, -0.05) is 38.8 Å². The fourth-order valence-electron chi connectivity index (χ4n) is 2.11. The molecule has 0 fully saturated rings. The van der Waals surface area contributed by atoms with Crippen LogP contribution in [0.2, 0.25) is 0 Å². The van der Waals surface area contributed by atoms with Gasteiger partial charge in [0, 0.05) is 0 Å². The van der Waals surface area contributed by atoms with Gasteiger partial charge in [-0.3, -0.25) is 0 Å². The van der Waals surface area contributed by atoms with E-state index in [9.17, 15) is 0 Å². The van der Waals surface area contributed by atoms with Gasteiger partial charge < -0.3 is 4.74 Å². The molecule has 0 radical (unpaired) electrons. The second kappa shape index (κ2) is 10.3. The van der Waals surface area contributed by atoms with E-state index in [0.29, 0.717) is 0 Å². The molecule has 1 nitrogen and oxygen atoms in total. The normalized spacial score (nSPS) is 9.95. The Hall–Kier alpha value is -1.46. The van der Waals surface area contributed by atoms with E-state index in [1.165, 1.54) is 36.8 Å². The summed E-state index contributed by atoms with van der Waals surface area (Å²) in [6.07, 6.45) is 10.5. The highest BCUT2D eigenvalue weighted by atomic mass is 16.5. The van der Waals surface area contributed by atoms with E-state index in [0.717, 1.165) is 25.0 Å². The number of ether oxygens (including phenoxy) is 1. The van der Waals surface area contributed by atoms with E-state index in [2.05, 4.69) is 37.8 Å². The van der Waals surface area contributed by atoms with Gasteiger partial charge in [-0.05, 0) is 61.4 Å². The lowest BCUT2D eigenvalue weighted by Gasteiger charge is -2.06. The standard InChI is InChI=1S/C19H28O/c1-4-6-8-10-17(9-7-5-2)11-12-18-13-15-19(20-3)16-14-18/h8,13-16H,4-7,9,11-12H2,1-3H3. The van der Waals surface area contributed by atoms with Gasteiger partial charge in [0.2, 0.25) is 0 Å². The molecule has 0 aliphatic carbocycles. The lowest BCUT2D eigenvalue weighted by molar-refractivity contribution is 0.414. The van der Waals surface area contributed by atoms with Crippen molar-refractivity contribution in [1.29, 1.82) is 0 Å². The molecule has 0 aromatic heterocycles. The third kappa shape index (κ3) is 6.63. The quantitative estimate of drug-likeness (QED) is 0.524. The molecule has 0 N–H and O–H groups in total. The summed E-state index contributed by atoms with van der Waals surface area (Å²) in [5, 5.41) is 0.